The Labute approximate surface area is 172 Å². The Balaban J connectivity index is 2.35. The molecule has 1 aliphatic rings. The van der Waals surface area contributed by atoms with Crippen LogP contribution in [0, 0.1) is 0 Å². The van der Waals surface area contributed by atoms with Crippen molar-refractivity contribution in [1.29, 1.82) is 0 Å². The van der Waals surface area contributed by atoms with Crippen molar-refractivity contribution in [2.45, 2.75) is 25.3 Å². The van der Waals surface area contributed by atoms with E-state index in [0.29, 0.717) is 0 Å². The largest absolute Gasteiger partial charge is 0.405 e. The molecule has 1 heterocycles. The third-order valence-electron chi connectivity index (χ3n) is 3.97. The molecule has 0 saturated carbocycles. The molecule has 1 atom stereocenters. The topological polar surface area (TPSA) is 123 Å². The predicted octanol–water partition coefficient (Wildman–Crippen LogP) is -0.231. The fourth-order valence-corrected chi connectivity index (χ4v) is 2.62. The smallest absolute Gasteiger partial charge is 0.329 e. The first-order valence-corrected chi connectivity index (χ1v) is 8.90. The second-order valence-corrected chi connectivity index (χ2v) is 6.75. The summed E-state index contributed by atoms with van der Waals surface area (Å²) in [5.41, 5.74) is 0. The van der Waals surface area contributed by atoms with Crippen LogP contribution in [0.1, 0.15) is 6.92 Å². The van der Waals surface area contributed by atoms with Crippen molar-refractivity contribution >= 4 is 23.9 Å². The maximum absolute atomic E-state index is 12.0. The number of hydrogen-bond donors (Lipinski definition) is 4. The average Bonchev–Trinajstić information content (AvgIpc) is 2.59. The number of nitrogens with one attached hydrogen (secondary N) is 4. The number of carbonyl (C=O) groups excluding carboxylic acids is 4. The quantitative estimate of drug-likeness (QED) is 0.403. The molecule has 1 fully saturated rings. The third-order valence-corrected chi connectivity index (χ3v) is 3.97. The zero-order chi connectivity index (χ0) is 23.8. The van der Waals surface area contributed by atoms with E-state index in [0.717, 1.165) is 0 Å². The summed E-state index contributed by atoms with van der Waals surface area (Å²) < 4.78 is 72.1. The monoisotopic (exact) mass is 464 g/mol. The van der Waals surface area contributed by atoms with Crippen molar-refractivity contribution in [2.75, 3.05) is 45.8 Å². The zero-order valence-corrected chi connectivity index (χ0v) is 16.3. The number of nitrogens with zero attached hydrogens (tertiary/aromatic N) is 2. The predicted molar refractivity (Wildman–Crippen MR) is 92.7 cm³/mol. The summed E-state index contributed by atoms with van der Waals surface area (Å²) in [6.07, 6.45) is -9.23. The minimum Gasteiger partial charge on any atom is -0.329 e. The van der Waals surface area contributed by atoms with Crippen LogP contribution in [0.5, 0.6) is 0 Å². The highest BCUT2D eigenvalue weighted by Gasteiger charge is 2.30. The van der Waals surface area contributed by atoms with Gasteiger partial charge in [0.1, 0.15) is 13.1 Å². The van der Waals surface area contributed by atoms with E-state index in [9.17, 15) is 45.5 Å². The molecule has 178 valence electrons. The van der Waals surface area contributed by atoms with Gasteiger partial charge in [0.2, 0.25) is 11.8 Å². The van der Waals surface area contributed by atoms with Crippen LogP contribution in [0.4, 0.5) is 35.9 Å². The van der Waals surface area contributed by atoms with Gasteiger partial charge in [0.25, 0.3) is 0 Å². The van der Waals surface area contributed by atoms with E-state index in [2.05, 4.69) is 0 Å². The maximum Gasteiger partial charge on any atom is 0.405 e. The van der Waals surface area contributed by atoms with Crippen LogP contribution >= 0.6 is 0 Å². The summed E-state index contributed by atoms with van der Waals surface area (Å²) in [6, 6.07) is -2.87. The second-order valence-electron chi connectivity index (χ2n) is 6.75. The molecular formula is C15H22F6N6O4. The maximum atomic E-state index is 12.0. The lowest BCUT2D eigenvalue weighted by atomic mass is 10.2. The van der Waals surface area contributed by atoms with E-state index in [1.807, 2.05) is 0 Å². The molecule has 1 aliphatic heterocycles. The van der Waals surface area contributed by atoms with E-state index in [-0.39, 0.29) is 38.8 Å². The van der Waals surface area contributed by atoms with E-state index in [1.54, 1.807) is 27.4 Å². The van der Waals surface area contributed by atoms with Crippen molar-refractivity contribution < 1.29 is 45.5 Å². The van der Waals surface area contributed by atoms with Crippen LogP contribution in [-0.2, 0) is 9.59 Å². The number of amides is 6. The highest BCUT2D eigenvalue weighted by molar-refractivity contribution is 5.95. The van der Waals surface area contributed by atoms with Crippen LogP contribution in [0.3, 0.4) is 0 Å². The van der Waals surface area contributed by atoms with Gasteiger partial charge in [-0.2, -0.15) is 26.3 Å². The van der Waals surface area contributed by atoms with Gasteiger partial charge < -0.3 is 10.6 Å². The minimum atomic E-state index is -4.61. The SMILES string of the molecule is CC1CN(CC(=O)NC(=O)NCC(F)(F)F)CCN1CC(=O)NC(=O)NCC(F)(F)F. The van der Waals surface area contributed by atoms with Crippen LogP contribution in [0.25, 0.3) is 0 Å². The molecule has 1 saturated heterocycles. The number of rotatable bonds is 6. The van der Waals surface area contributed by atoms with Gasteiger partial charge in [0.05, 0.1) is 13.1 Å². The van der Waals surface area contributed by atoms with Gasteiger partial charge in [-0.15, -0.1) is 0 Å². The van der Waals surface area contributed by atoms with Crippen molar-refractivity contribution in [1.82, 2.24) is 31.1 Å². The lowest BCUT2D eigenvalue weighted by Gasteiger charge is -2.39. The number of hydrogen-bond acceptors (Lipinski definition) is 6. The average molecular weight is 464 g/mol. The second kappa shape index (κ2) is 11.1. The van der Waals surface area contributed by atoms with Gasteiger partial charge >= 0.3 is 24.4 Å². The Kier molecular flexibility index (Phi) is 9.48. The molecule has 10 nitrogen and oxygen atoms in total. The highest BCUT2D eigenvalue weighted by atomic mass is 19.4. The Morgan fingerprint density at radius 1 is 0.806 bits per heavy atom. The Hall–Kier alpha value is -2.62. The third kappa shape index (κ3) is 12.0. The number of imide groups is 2. The molecular weight excluding hydrogens is 442 g/mol. The summed E-state index contributed by atoms with van der Waals surface area (Å²) >= 11 is 0. The number of urea groups is 2. The van der Waals surface area contributed by atoms with Crippen LogP contribution in [0.15, 0.2) is 0 Å². The Morgan fingerprint density at radius 2 is 1.26 bits per heavy atom. The molecule has 0 radical (unpaired) electrons. The fraction of sp³-hybridized carbons (Fsp3) is 0.733. The molecule has 0 aromatic carbocycles. The number of alkyl halides is 6. The van der Waals surface area contributed by atoms with Gasteiger partial charge in [-0.05, 0) is 6.92 Å². The molecule has 0 bridgehead atoms. The summed E-state index contributed by atoms with van der Waals surface area (Å²) in [4.78, 5) is 49.3. The minimum absolute atomic E-state index is 0.255. The summed E-state index contributed by atoms with van der Waals surface area (Å²) in [5, 5.41) is 6.54. The molecule has 0 aromatic rings. The van der Waals surface area contributed by atoms with Gasteiger partial charge in [-0.25, -0.2) is 9.59 Å². The summed E-state index contributed by atoms with van der Waals surface area (Å²) in [5.74, 6) is -1.64. The first-order valence-electron chi connectivity index (χ1n) is 8.90. The summed E-state index contributed by atoms with van der Waals surface area (Å²) in [7, 11) is 0. The fourth-order valence-electron chi connectivity index (χ4n) is 2.62. The zero-order valence-electron chi connectivity index (χ0n) is 16.3. The normalized spacial score (nSPS) is 18.2. The molecule has 0 spiro atoms. The summed E-state index contributed by atoms with van der Waals surface area (Å²) in [6.45, 7) is -1.26. The number of carbonyl (C=O) groups is 4. The van der Waals surface area contributed by atoms with Crippen LogP contribution in [0.2, 0.25) is 0 Å². The van der Waals surface area contributed by atoms with Gasteiger partial charge in [0.15, 0.2) is 0 Å². The van der Waals surface area contributed by atoms with Gasteiger partial charge in [0, 0.05) is 25.7 Å². The van der Waals surface area contributed by atoms with Crippen molar-refractivity contribution in [3.8, 4) is 0 Å². The van der Waals surface area contributed by atoms with Gasteiger partial charge in [-0.3, -0.25) is 30.0 Å². The molecule has 0 aliphatic carbocycles. The standard InChI is InChI=1S/C15H22F6N6O4/c1-9-4-26(5-10(28)24-12(30)22-7-14(16,17)18)2-3-27(9)6-11(29)25-13(31)23-8-15(19,20)21/h9H,2-8H2,1H3,(H2,22,24,28,30)(H2,23,25,29,31). The first kappa shape index (κ1) is 26.4. The first-order chi connectivity index (χ1) is 14.1. The lowest BCUT2D eigenvalue weighted by Crippen LogP contribution is -2.57. The van der Waals surface area contributed by atoms with E-state index >= 15 is 0 Å². The molecule has 0 aromatic heterocycles. The molecule has 31 heavy (non-hydrogen) atoms. The molecule has 1 unspecified atom stereocenters. The van der Waals surface area contributed by atoms with Crippen molar-refractivity contribution in [2.24, 2.45) is 0 Å². The molecule has 16 heteroatoms. The van der Waals surface area contributed by atoms with Crippen molar-refractivity contribution in [3.05, 3.63) is 0 Å². The Morgan fingerprint density at radius 3 is 1.68 bits per heavy atom. The number of halogens is 6. The number of piperazine rings is 1. The van der Waals surface area contributed by atoms with Crippen molar-refractivity contribution in [3.63, 3.8) is 0 Å². The molecule has 6 amide bonds. The highest BCUT2D eigenvalue weighted by Crippen LogP contribution is 2.13. The van der Waals surface area contributed by atoms with Gasteiger partial charge in [-0.1, -0.05) is 0 Å². The van der Waals surface area contributed by atoms with E-state index in [1.165, 1.54) is 10.6 Å². The molecule has 4 N–H and O–H groups in total. The Bertz CT molecular complexity index is 671. The van der Waals surface area contributed by atoms with E-state index < -0.39 is 49.3 Å². The molecule has 1 rings (SSSR count). The lowest BCUT2D eigenvalue weighted by molar-refractivity contribution is -0.126. The van der Waals surface area contributed by atoms with Crippen LogP contribution in [-0.4, -0.2) is 97.9 Å². The van der Waals surface area contributed by atoms with Crippen LogP contribution < -0.4 is 21.3 Å². The van der Waals surface area contributed by atoms with E-state index in [4.69, 9.17) is 0 Å².